The topological polar surface area (TPSA) is 85.7 Å². The molecule has 1 fully saturated rings. The third-order valence-electron chi connectivity index (χ3n) is 7.28. The van der Waals surface area contributed by atoms with Gasteiger partial charge in [-0.2, -0.15) is 0 Å². The monoisotopic (exact) mass is 550 g/mol. The molecule has 38 heavy (non-hydrogen) atoms. The highest BCUT2D eigenvalue weighted by Crippen LogP contribution is 2.37. The minimum absolute atomic E-state index is 0.0299. The van der Waals surface area contributed by atoms with E-state index >= 15 is 0 Å². The number of nitrogens with zero attached hydrogens (tertiary/aromatic N) is 3. The number of hydrogen-bond donors (Lipinski definition) is 2. The summed E-state index contributed by atoms with van der Waals surface area (Å²) in [6.45, 7) is 2.28. The number of benzene rings is 2. The summed E-state index contributed by atoms with van der Waals surface area (Å²) in [6, 6.07) is 13.4. The molecule has 0 bridgehead atoms. The molecule has 3 heterocycles. The van der Waals surface area contributed by atoms with Crippen LogP contribution in [0.5, 0.6) is 11.5 Å². The van der Waals surface area contributed by atoms with Gasteiger partial charge >= 0.3 is 0 Å². The first-order valence-electron chi connectivity index (χ1n) is 13.0. The number of para-hydroxylation sites is 1. The largest absolute Gasteiger partial charge is 0.454 e. The zero-order valence-electron chi connectivity index (χ0n) is 21.0. The van der Waals surface area contributed by atoms with E-state index in [1.54, 1.807) is 21.2 Å². The number of carbonyl (C=O) groups is 1. The Morgan fingerprint density at radius 2 is 2.00 bits per heavy atom. The molecular weight excluding hydrogens is 520 g/mol. The Kier molecular flexibility index (Phi) is 7.36. The fourth-order valence-electron chi connectivity index (χ4n) is 4.89. The lowest BCUT2D eigenvalue weighted by molar-refractivity contribution is -0.132. The zero-order chi connectivity index (χ0) is 26.1. The van der Waals surface area contributed by atoms with Gasteiger partial charge in [0.05, 0.1) is 23.5 Å². The molecule has 2 aliphatic heterocycles. The van der Waals surface area contributed by atoms with Gasteiger partial charge in [0.15, 0.2) is 16.7 Å². The SMILES string of the molecule is O=C(CCNCc1ccc2c(c1)OCO2)N1CCc2nc(SC3CCC3)n(-c3ccccc3S)c(=O)c2C1. The van der Waals surface area contributed by atoms with Crippen molar-refractivity contribution in [1.82, 2.24) is 19.8 Å². The number of nitrogens with one attached hydrogen (secondary N) is 1. The molecule has 1 aliphatic carbocycles. The molecule has 10 heteroatoms. The number of carbonyl (C=O) groups excluding carboxylic acids is 1. The van der Waals surface area contributed by atoms with Gasteiger partial charge in [0.25, 0.3) is 5.56 Å². The summed E-state index contributed by atoms with van der Waals surface area (Å²) in [5.74, 6) is 1.54. The van der Waals surface area contributed by atoms with Crippen molar-refractivity contribution in [3.05, 3.63) is 69.6 Å². The van der Waals surface area contributed by atoms with Gasteiger partial charge in [0, 0.05) is 42.6 Å². The van der Waals surface area contributed by atoms with Crippen LogP contribution in [0.4, 0.5) is 0 Å². The van der Waals surface area contributed by atoms with Gasteiger partial charge < -0.3 is 19.7 Å². The van der Waals surface area contributed by atoms with E-state index < -0.39 is 0 Å². The summed E-state index contributed by atoms with van der Waals surface area (Å²) in [4.78, 5) is 34.4. The predicted octanol–water partition coefficient (Wildman–Crippen LogP) is 3.96. The number of fused-ring (bicyclic) bond motifs is 2. The van der Waals surface area contributed by atoms with Crippen molar-refractivity contribution in [1.29, 1.82) is 0 Å². The first-order valence-corrected chi connectivity index (χ1v) is 14.4. The maximum absolute atomic E-state index is 13.8. The van der Waals surface area contributed by atoms with Gasteiger partial charge in [-0.05, 0) is 42.7 Å². The van der Waals surface area contributed by atoms with Gasteiger partial charge in [0.2, 0.25) is 12.7 Å². The molecule has 0 spiro atoms. The van der Waals surface area contributed by atoms with Crippen molar-refractivity contribution in [2.24, 2.45) is 0 Å². The summed E-state index contributed by atoms with van der Waals surface area (Å²) in [7, 11) is 0. The molecule has 8 nitrogen and oxygen atoms in total. The second kappa shape index (κ2) is 11.0. The molecular formula is C28H30N4O4S2. The number of thioether (sulfide) groups is 1. The Hall–Kier alpha value is -2.95. The van der Waals surface area contributed by atoms with Crippen LogP contribution in [-0.4, -0.2) is 45.5 Å². The average molecular weight is 551 g/mol. The fourth-order valence-corrected chi connectivity index (χ4v) is 6.46. The molecule has 0 saturated heterocycles. The van der Waals surface area contributed by atoms with Crippen LogP contribution in [0.2, 0.25) is 0 Å². The van der Waals surface area contributed by atoms with Gasteiger partial charge in [-0.1, -0.05) is 36.4 Å². The molecule has 198 valence electrons. The van der Waals surface area contributed by atoms with Crippen LogP contribution >= 0.6 is 24.4 Å². The predicted molar refractivity (Wildman–Crippen MR) is 149 cm³/mol. The van der Waals surface area contributed by atoms with Crippen LogP contribution in [0.15, 0.2) is 57.3 Å². The molecule has 2 aromatic carbocycles. The Morgan fingerprint density at radius 3 is 2.82 bits per heavy atom. The molecule has 3 aliphatic rings. The Morgan fingerprint density at radius 1 is 1.16 bits per heavy atom. The number of hydrogen-bond acceptors (Lipinski definition) is 8. The molecule has 1 aromatic heterocycles. The number of aromatic nitrogens is 2. The first-order chi connectivity index (χ1) is 18.6. The van der Waals surface area contributed by atoms with E-state index in [1.807, 2.05) is 42.5 Å². The van der Waals surface area contributed by atoms with Crippen LogP contribution in [0, 0.1) is 0 Å². The normalized spacial score (nSPS) is 16.3. The highest BCUT2D eigenvalue weighted by Gasteiger charge is 2.29. The third kappa shape index (κ3) is 5.17. The average Bonchev–Trinajstić information content (AvgIpc) is 3.37. The van der Waals surface area contributed by atoms with Crippen molar-refractivity contribution >= 4 is 30.3 Å². The van der Waals surface area contributed by atoms with Gasteiger partial charge in [-0.25, -0.2) is 4.98 Å². The van der Waals surface area contributed by atoms with Crippen molar-refractivity contribution < 1.29 is 14.3 Å². The van der Waals surface area contributed by atoms with Crippen LogP contribution in [0.3, 0.4) is 0 Å². The van der Waals surface area contributed by atoms with E-state index in [2.05, 4.69) is 17.9 Å². The van der Waals surface area contributed by atoms with Crippen molar-refractivity contribution in [2.45, 2.75) is 60.5 Å². The molecule has 1 saturated carbocycles. The van der Waals surface area contributed by atoms with Gasteiger partial charge in [-0.3, -0.25) is 14.2 Å². The Labute approximate surface area is 231 Å². The maximum atomic E-state index is 13.8. The van der Waals surface area contributed by atoms with Crippen molar-refractivity contribution in [3.63, 3.8) is 0 Å². The van der Waals surface area contributed by atoms with Crippen molar-refractivity contribution in [3.8, 4) is 17.2 Å². The second-order valence-electron chi connectivity index (χ2n) is 9.80. The number of amides is 1. The molecule has 0 unspecified atom stereocenters. The highest BCUT2D eigenvalue weighted by atomic mass is 32.2. The number of ether oxygens (including phenoxy) is 2. The lowest BCUT2D eigenvalue weighted by Crippen LogP contribution is -2.42. The Balaban J connectivity index is 1.14. The lowest BCUT2D eigenvalue weighted by Gasteiger charge is -2.30. The van der Waals surface area contributed by atoms with E-state index in [0.717, 1.165) is 51.3 Å². The molecule has 1 amide bonds. The van der Waals surface area contributed by atoms with Crippen LogP contribution in [-0.2, 0) is 24.3 Å². The van der Waals surface area contributed by atoms with Crippen LogP contribution in [0.25, 0.3) is 5.69 Å². The summed E-state index contributed by atoms with van der Waals surface area (Å²) in [5, 5.41) is 4.55. The Bertz CT molecular complexity index is 1420. The summed E-state index contributed by atoms with van der Waals surface area (Å²) in [6.07, 6.45) is 4.45. The number of thiol groups is 1. The van der Waals surface area contributed by atoms with E-state index in [-0.39, 0.29) is 24.8 Å². The van der Waals surface area contributed by atoms with E-state index in [1.165, 1.54) is 6.42 Å². The molecule has 3 aromatic rings. The third-order valence-corrected chi connectivity index (χ3v) is 8.95. The summed E-state index contributed by atoms with van der Waals surface area (Å²) >= 11 is 6.31. The van der Waals surface area contributed by atoms with E-state index in [9.17, 15) is 9.59 Å². The summed E-state index contributed by atoms with van der Waals surface area (Å²) in [5.41, 5.74) is 3.12. The van der Waals surface area contributed by atoms with Crippen LogP contribution in [0.1, 0.15) is 42.5 Å². The lowest BCUT2D eigenvalue weighted by atomic mass is 10.0. The smallest absolute Gasteiger partial charge is 0.264 e. The summed E-state index contributed by atoms with van der Waals surface area (Å²) < 4.78 is 12.5. The minimum atomic E-state index is -0.100. The zero-order valence-corrected chi connectivity index (χ0v) is 22.7. The van der Waals surface area contributed by atoms with Crippen LogP contribution < -0.4 is 20.3 Å². The molecule has 6 rings (SSSR count). The van der Waals surface area contributed by atoms with Gasteiger partial charge in [-0.15, -0.1) is 12.6 Å². The quantitative estimate of drug-likeness (QED) is 0.250. The maximum Gasteiger partial charge on any atom is 0.264 e. The standard InChI is InChI=1S/C28H30N4O4S2/c33-26(10-12-29-15-18-8-9-23-24(14-18)36-17-35-23)31-13-11-21-20(16-31)27(34)32(22-6-1-2-7-25(22)37)28(30-21)38-19-4-3-5-19/h1-2,6-9,14,19,29,37H,3-5,10-13,15-17H2. The van der Waals surface area contributed by atoms with Gasteiger partial charge in [0.1, 0.15) is 0 Å². The molecule has 0 atom stereocenters. The molecule has 0 radical (unpaired) electrons. The minimum Gasteiger partial charge on any atom is -0.454 e. The van der Waals surface area contributed by atoms with Crippen molar-refractivity contribution in [2.75, 3.05) is 19.9 Å². The second-order valence-corrected chi connectivity index (χ2v) is 11.5. The highest BCUT2D eigenvalue weighted by molar-refractivity contribution is 7.99. The molecule has 1 N–H and O–H groups in total. The number of rotatable bonds is 8. The van der Waals surface area contributed by atoms with E-state index in [4.69, 9.17) is 14.5 Å². The first kappa shape index (κ1) is 25.3. The van der Waals surface area contributed by atoms with E-state index in [0.29, 0.717) is 43.3 Å². The fraction of sp³-hybridized carbons (Fsp3) is 0.393.